The van der Waals surface area contributed by atoms with Crippen LogP contribution in [0.1, 0.15) is 24.2 Å². The number of phenols is 1. The summed E-state index contributed by atoms with van der Waals surface area (Å²) >= 11 is 0. The maximum Gasteiger partial charge on any atom is 0.255 e. The van der Waals surface area contributed by atoms with E-state index >= 15 is 0 Å². The number of rotatable bonds is 6. The van der Waals surface area contributed by atoms with Crippen LogP contribution in [0.3, 0.4) is 0 Å². The second-order valence-electron chi connectivity index (χ2n) is 4.24. The second kappa shape index (κ2) is 6.91. The van der Waals surface area contributed by atoms with E-state index in [1.807, 2.05) is 0 Å². The summed E-state index contributed by atoms with van der Waals surface area (Å²) in [5, 5.41) is 12.2. The van der Waals surface area contributed by atoms with E-state index in [4.69, 9.17) is 4.74 Å². The van der Waals surface area contributed by atoms with Crippen LogP contribution in [-0.4, -0.2) is 30.8 Å². The minimum Gasteiger partial charge on any atom is -0.507 e. The number of hydrogen-bond acceptors (Lipinski definition) is 3. The molecule has 0 aliphatic rings. The first-order valence-corrected chi connectivity index (χ1v) is 5.75. The van der Waals surface area contributed by atoms with Crippen molar-refractivity contribution in [3.8, 4) is 5.75 Å². The van der Waals surface area contributed by atoms with Crippen molar-refractivity contribution < 1.29 is 14.6 Å². The lowest BCUT2D eigenvalue weighted by atomic mass is 10.2. The lowest BCUT2D eigenvalue weighted by molar-refractivity contribution is 0.0884. The Kier molecular flexibility index (Phi) is 5.49. The first-order chi connectivity index (χ1) is 8.11. The third-order valence-corrected chi connectivity index (χ3v) is 2.13. The normalized spacial score (nSPS) is 10.5. The van der Waals surface area contributed by atoms with Gasteiger partial charge in [0.25, 0.3) is 5.91 Å². The molecule has 94 valence electrons. The quantitative estimate of drug-likeness (QED) is 0.742. The molecule has 0 atom stereocenters. The lowest BCUT2D eigenvalue weighted by Crippen LogP contribution is -2.27. The summed E-state index contributed by atoms with van der Waals surface area (Å²) in [6.07, 6.45) is 0. The largest absolute Gasteiger partial charge is 0.507 e. The van der Waals surface area contributed by atoms with Gasteiger partial charge in [0.05, 0.1) is 12.2 Å². The molecule has 0 unspecified atom stereocenters. The molecule has 0 saturated heterocycles. The Morgan fingerprint density at radius 1 is 1.41 bits per heavy atom. The van der Waals surface area contributed by atoms with Crippen LogP contribution in [0.2, 0.25) is 0 Å². The molecular weight excluding hydrogens is 218 g/mol. The summed E-state index contributed by atoms with van der Waals surface area (Å²) in [5.74, 6) is 0.202. The molecule has 2 N–H and O–H groups in total. The third-order valence-electron chi connectivity index (χ3n) is 2.13. The minimum atomic E-state index is -0.281. The van der Waals surface area contributed by atoms with Crippen molar-refractivity contribution in [2.24, 2.45) is 5.92 Å². The molecule has 0 spiro atoms. The predicted octanol–water partition coefficient (Wildman–Crippen LogP) is 1.79. The standard InChI is InChI=1S/C13H19NO3/c1-10(2)9-17-8-7-14-13(16)11-5-3-4-6-12(11)15/h3-6,10,15H,7-9H2,1-2H3,(H,14,16). The Balaban J connectivity index is 2.29. The fourth-order valence-corrected chi connectivity index (χ4v) is 1.32. The monoisotopic (exact) mass is 237 g/mol. The Hall–Kier alpha value is -1.55. The van der Waals surface area contributed by atoms with E-state index in [0.29, 0.717) is 25.7 Å². The van der Waals surface area contributed by atoms with E-state index < -0.39 is 0 Å². The summed E-state index contributed by atoms with van der Waals surface area (Å²) in [5.41, 5.74) is 0.288. The molecule has 1 rings (SSSR count). The Labute approximate surface area is 102 Å². The highest BCUT2D eigenvalue weighted by Gasteiger charge is 2.08. The van der Waals surface area contributed by atoms with Crippen LogP contribution in [0, 0.1) is 5.92 Å². The topological polar surface area (TPSA) is 58.6 Å². The van der Waals surface area contributed by atoms with Gasteiger partial charge in [-0.3, -0.25) is 4.79 Å². The number of aromatic hydroxyl groups is 1. The van der Waals surface area contributed by atoms with E-state index in [1.54, 1.807) is 18.2 Å². The highest BCUT2D eigenvalue weighted by molar-refractivity contribution is 5.96. The summed E-state index contributed by atoms with van der Waals surface area (Å²) in [6.45, 7) is 5.75. The zero-order valence-electron chi connectivity index (χ0n) is 10.3. The molecule has 1 aromatic rings. The van der Waals surface area contributed by atoms with Gasteiger partial charge < -0.3 is 15.2 Å². The maximum atomic E-state index is 11.6. The first-order valence-electron chi connectivity index (χ1n) is 5.75. The average molecular weight is 237 g/mol. The molecule has 0 aliphatic heterocycles. The number of benzene rings is 1. The summed E-state index contributed by atoms with van der Waals surface area (Å²) < 4.78 is 5.33. The fraction of sp³-hybridized carbons (Fsp3) is 0.462. The number of phenolic OH excluding ortho intramolecular Hbond substituents is 1. The van der Waals surface area contributed by atoms with Gasteiger partial charge in [-0.05, 0) is 18.1 Å². The van der Waals surface area contributed by atoms with Gasteiger partial charge in [0.2, 0.25) is 0 Å². The van der Waals surface area contributed by atoms with Crippen LogP contribution in [0.25, 0.3) is 0 Å². The highest BCUT2D eigenvalue weighted by Crippen LogP contribution is 2.14. The Morgan fingerprint density at radius 2 is 2.12 bits per heavy atom. The van der Waals surface area contributed by atoms with Gasteiger partial charge in [0, 0.05) is 13.2 Å². The van der Waals surface area contributed by atoms with Crippen LogP contribution in [0.15, 0.2) is 24.3 Å². The second-order valence-corrected chi connectivity index (χ2v) is 4.24. The number of amides is 1. The molecule has 0 aliphatic carbocycles. The van der Waals surface area contributed by atoms with Crippen LogP contribution in [0.5, 0.6) is 5.75 Å². The van der Waals surface area contributed by atoms with Crippen molar-refractivity contribution in [3.63, 3.8) is 0 Å². The number of carbonyl (C=O) groups excluding carboxylic acids is 1. The molecule has 0 aromatic heterocycles. The zero-order chi connectivity index (χ0) is 12.7. The maximum absolute atomic E-state index is 11.6. The third kappa shape index (κ3) is 4.87. The molecule has 0 fully saturated rings. The van der Waals surface area contributed by atoms with Crippen molar-refractivity contribution in [2.75, 3.05) is 19.8 Å². The molecule has 0 radical (unpaired) electrons. The number of para-hydroxylation sites is 1. The molecule has 0 heterocycles. The van der Waals surface area contributed by atoms with Gasteiger partial charge in [-0.15, -0.1) is 0 Å². The van der Waals surface area contributed by atoms with Crippen LogP contribution in [-0.2, 0) is 4.74 Å². The van der Waals surface area contributed by atoms with Crippen molar-refractivity contribution in [3.05, 3.63) is 29.8 Å². The van der Waals surface area contributed by atoms with E-state index in [1.165, 1.54) is 6.07 Å². The van der Waals surface area contributed by atoms with Gasteiger partial charge in [-0.1, -0.05) is 26.0 Å². The highest BCUT2D eigenvalue weighted by atomic mass is 16.5. The molecule has 1 amide bonds. The minimum absolute atomic E-state index is 0.00639. The van der Waals surface area contributed by atoms with Crippen molar-refractivity contribution in [2.45, 2.75) is 13.8 Å². The Morgan fingerprint density at radius 3 is 2.76 bits per heavy atom. The zero-order valence-corrected chi connectivity index (χ0v) is 10.3. The molecule has 0 bridgehead atoms. The summed E-state index contributed by atoms with van der Waals surface area (Å²) in [4.78, 5) is 11.6. The molecule has 1 aromatic carbocycles. The smallest absolute Gasteiger partial charge is 0.255 e. The van der Waals surface area contributed by atoms with Crippen LogP contribution < -0.4 is 5.32 Å². The number of carbonyl (C=O) groups is 1. The van der Waals surface area contributed by atoms with Gasteiger partial charge in [-0.2, -0.15) is 0 Å². The van der Waals surface area contributed by atoms with E-state index in [0.717, 1.165) is 0 Å². The predicted molar refractivity (Wildman–Crippen MR) is 66.1 cm³/mol. The number of hydrogen-bond donors (Lipinski definition) is 2. The van der Waals surface area contributed by atoms with Crippen molar-refractivity contribution in [1.82, 2.24) is 5.32 Å². The number of ether oxygens (including phenoxy) is 1. The van der Waals surface area contributed by atoms with Crippen LogP contribution in [0.4, 0.5) is 0 Å². The fourth-order valence-electron chi connectivity index (χ4n) is 1.32. The molecule has 0 saturated carbocycles. The SMILES string of the molecule is CC(C)COCCNC(=O)c1ccccc1O. The first kappa shape index (κ1) is 13.5. The number of nitrogens with one attached hydrogen (secondary N) is 1. The Bertz CT molecular complexity index is 363. The van der Waals surface area contributed by atoms with Gasteiger partial charge >= 0.3 is 0 Å². The average Bonchev–Trinajstić information content (AvgIpc) is 2.28. The van der Waals surface area contributed by atoms with Gasteiger partial charge in [0.1, 0.15) is 5.75 Å². The summed E-state index contributed by atoms with van der Waals surface area (Å²) in [6, 6.07) is 6.46. The van der Waals surface area contributed by atoms with E-state index in [2.05, 4.69) is 19.2 Å². The molecule has 4 nitrogen and oxygen atoms in total. The van der Waals surface area contributed by atoms with E-state index in [9.17, 15) is 9.90 Å². The van der Waals surface area contributed by atoms with Crippen molar-refractivity contribution in [1.29, 1.82) is 0 Å². The molecule has 4 heteroatoms. The molecule has 17 heavy (non-hydrogen) atoms. The van der Waals surface area contributed by atoms with Crippen molar-refractivity contribution >= 4 is 5.91 Å². The van der Waals surface area contributed by atoms with Crippen LogP contribution >= 0.6 is 0 Å². The van der Waals surface area contributed by atoms with Gasteiger partial charge in [0.15, 0.2) is 0 Å². The van der Waals surface area contributed by atoms with E-state index in [-0.39, 0.29) is 17.2 Å². The summed E-state index contributed by atoms with van der Waals surface area (Å²) in [7, 11) is 0. The molecular formula is C13H19NO3. The van der Waals surface area contributed by atoms with Gasteiger partial charge in [-0.25, -0.2) is 0 Å². The lowest BCUT2D eigenvalue weighted by Gasteiger charge is -2.08.